The van der Waals surface area contributed by atoms with Gasteiger partial charge in [0.15, 0.2) is 0 Å². The van der Waals surface area contributed by atoms with Crippen LogP contribution < -0.4 is 0 Å². The maximum Gasteiger partial charge on any atom is 0.392 e. The number of halogens is 3. The van der Waals surface area contributed by atoms with Crippen molar-refractivity contribution in [3.8, 4) is 0 Å². The van der Waals surface area contributed by atoms with Crippen molar-refractivity contribution in [3.05, 3.63) is 0 Å². The molecule has 0 nitrogen and oxygen atoms in total. The lowest BCUT2D eigenvalue weighted by molar-refractivity contribution is -0.181. The summed E-state index contributed by atoms with van der Waals surface area (Å²) >= 11 is 0. The molecule has 0 aliphatic heterocycles. The second kappa shape index (κ2) is 2.44. The molecule has 0 spiro atoms. The van der Waals surface area contributed by atoms with Crippen molar-refractivity contribution in [2.24, 2.45) is 11.8 Å². The van der Waals surface area contributed by atoms with Crippen LogP contribution in [0.3, 0.4) is 0 Å². The molecule has 0 N–H and O–H groups in total. The van der Waals surface area contributed by atoms with Gasteiger partial charge >= 0.3 is 6.18 Å². The Labute approximate surface area is 58.4 Å². The van der Waals surface area contributed by atoms with Gasteiger partial charge in [-0.3, -0.25) is 0 Å². The molecule has 2 unspecified atom stereocenters. The van der Waals surface area contributed by atoms with Crippen molar-refractivity contribution in [1.82, 2.24) is 0 Å². The fraction of sp³-hybridized carbons (Fsp3) is 1.00. The van der Waals surface area contributed by atoms with Crippen LogP contribution in [0.5, 0.6) is 0 Å². The normalized spacial score (nSPS) is 34.8. The number of hydrogen-bond acceptors (Lipinski definition) is 0. The molecular weight excluding hydrogens is 141 g/mol. The Kier molecular flexibility index (Phi) is 1.92. The standard InChI is InChI=1S/C7H11F3/c1-5-3-2-4-6(5)7(8,9)10/h5-6H,2-4H2,1H3. The monoisotopic (exact) mass is 152 g/mol. The van der Waals surface area contributed by atoms with E-state index in [0.29, 0.717) is 6.42 Å². The fourth-order valence-electron chi connectivity index (χ4n) is 1.63. The Morgan fingerprint density at radius 2 is 1.80 bits per heavy atom. The van der Waals surface area contributed by atoms with Gasteiger partial charge < -0.3 is 0 Å². The average molecular weight is 152 g/mol. The van der Waals surface area contributed by atoms with Crippen LogP contribution in [0.4, 0.5) is 13.2 Å². The van der Waals surface area contributed by atoms with E-state index in [9.17, 15) is 13.2 Å². The molecule has 1 aliphatic carbocycles. The smallest absolute Gasteiger partial charge is 0.171 e. The van der Waals surface area contributed by atoms with Crippen LogP contribution >= 0.6 is 0 Å². The molecular formula is C7H11F3. The zero-order valence-corrected chi connectivity index (χ0v) is 5.91. The minimum atomic E-state index is -3.95. The Bertz CT molecular complexity index is 117. The predicted molar refractivity (Wildman–Crippen MR) is 32.6 cm³/mol. The van der Waals surface area contributed by atoms with Crippen LogP contribution in [0.25, 0.3) is 0 Å². The quantitative estimate of drug-likeness (QED) is 0.500. The lowest BCUT2D eigenvalue weighted by Crippen LogP contribution is -2.24. The minimum absolute atomic E-state index is 0.153. The summed E-state index contributed by atoms with van der Waals surface area (Å²) in [5.74, 6) is -1.17. The van der Waals surface area contributed by atoms with Gasteiger partial charge in [0.25, 0.3) is 0 Å². The third-order valence-electron chi connectivity index (χ3n) is 2.28. The maximum atomic E-state index is 12.0. The Morgan fingerprint density at radius 1 is 1.20 bits per heavy atom. The highest BCUT2D eigenvalue weighted by Crippen LogP contribution is 2.42. The van der Waals surface area contributed by atoms with E-state index in [1.165, 1.54) is 0 Å². The van der Waals surface area contributed by atoms with E-state index >= 15 is 0 Å². The summed E-state index contributed by atoms with van der Waals surface area (Å²) < 4.78 is 36.0. The van der Waals surface area contributed by atoms with E-state index in [0.717, 1.165) is 12.8 Å². The first-order valence-electron chi connectivity index (χ1n) is 3.58. The number of rotatable bonds is 0. The van der Waals surface area contributed by atoms with Crippen molar-refractivity contribution in [1.29, 1.82) is 0 Å². The molecule has 1 aliphatic rings. The SMILES string of the molecule is CC1CCCC1C(F)(F)F. The van der Waals surface area contributed by atoms with Gasteiger partial charge in [-0.25, -0.2) is 0 Å². The number of hydrogen-bond donors (Lipinski definition) is 0. The van der Waals surface area contributed by atoms with Gasteiger partial charge in [0.05, 0.1) is 5.92 Å². The first kappa shape index (κ1) is 7.89. The largest absolute Gasteiger partial charge is 0.392 e. The third-order valence-corrected chi connectivity index (χ3v) is 2.28. The summed E-state index contributed by atoms with van der Waals surface area (Å²) in [6.45, 7) is 1.69. The molecule has 0 bridgehead atoms. The van der Waals surface area contributed by atoms with E-state index in [1.54, 1.807) is 6.92 Å². The van der Waals surface area contributed by atoms with E-state index in [2.05, 4.69) is 0 Å². The second-order valence-electron chi connectivity index (χ2n) is 3.06. The molecule has 1 fully saturated rings. The van der Waals surface area contributed by atoms with Gasteiger partial charge in [0.1, 0.15) is 0 Å². The highest BCUT2D eigenvalue weighted by Gasteiger charge is 2.44. The third kappa shape index (κ3) is 1.44. The van der Waals surface area contributed by atoms with E-state index in [4.69, 9.17) is 0 Å². The second-order valence-corrected chi connectivity index (χ2v) is 3.06. The summed E-state index contributed by atoms with van der Waals surface area (Å²) in [6.07, 6.45) is -2.13. The van der Waals surface area contributed by atoms with Crippen LogP contribution in [0.15, 0.2) is 0 Å². The summed E-state index contributed by atoms with van der Waals surface area (Å²) in [4.78, 5) is 0. The van der Waals surface area contributed by atoms with E-state index in [-0.39, 0.29) is 5.92 Å². The van der Waals surface area contributed by atoms with Gasteiger partial charge in [-0.1, -0.05) is 19.8 Å². The summed E-state index contributed by atoms with van der Waals surface area (Å²) in [5.41, 5.74) is 0. The zero-order chi connectivity index (χ0) is 7.78. The Balaban J connectivity index is 2.55. The maximum absolute atomic E-state index is 12.0. The van der Waals surface area contributed by atoms with Crippen molar-refractivity contribution < 1.29 is 13.2 Å². The summed E-state index contributed by atoms with van der Waals surface area (Å²) in [7, 11) is 0. The van der Waals surface area contributed by atoms with Crippen LogP contribution in [0, 0.1) is 11.8 Å². The molecule has 0 amide bonds. The molecule has 0 aromatic heterocycles. The van der Waals surface area contributed by atoms with Crippen LogP contribution in [0.1, 0.15) is 26.2 Å². The van der Waals surface area contributed by atoms with Crippen molar-refractivity contribution in [2.75, 3.05) is 0 Å². The van der Waals surface area contributed by atoms with E-state index < -0.39 is 12.1 Å². The van der Waals surface area contributed by atoms with Gasteiger partial charge in [-0.2, -0.15) is 13.2 Å². The van der Waals surface area contributed by atoms with Gasteiger partial charge in [-0.15, -0.1) is 0 Å². The van der Waals surface area contributed by atoms with Crippen molar-refractivity contribution >= 4 is 0 Å². The lowest BCUT2D eigenvalue weighted by atomic mass is 9.98. The van der Waals surface area contributed by atoms with Gasteiger partial charge in [-0.05, 0) is 12.3 Å². The molecule has 60 valence electrons. The van der Waals surface area contributed by atoms with E-state index in [1.807, 2.05) is 0 Å². The molecule has 1 saturated carbocycles. The minimum Gasteiger partial charge on any atom is -0.171 e. The highest BCUT2D eigenvalue weighted by atomic mass is 19.4. The first-order chi connectivity index (χ1) is 4.52. The molecule has 0 heterocycles. The Morgan fingerprint density at radius 3 is 2.00 bits per heavy atom. The average Bonchev–Trinajstić information content (AvgIpc) is 2.11. The first-order valence-corrected chi connectivity index (χ1v) is 3.58. The molecule has 10 heavy (non-hydrogen) atoms. The molecule has 0 aromatic carbocycles. The number of alkyl halides is 3. The van der Waals surface area contributed by atoms with Crippen LogP contribution in [-0.4, -0.2) is 6.18 Å². The van der Waals surface area contributed by atoms with Gasteiger partial charge in [0, 0.05) is 0 Å². The summed E-state index contributed by atoms with van der Waals surface area (Å²) in [5, 5.41) is 0. The Hall–Kier alpha value is -0.210. The molecule has 2 atom stereocenters. The zero-order valence-electron chi connectivity index (χ0n) is 5.91. The van der Waals surface area contributed by atoms with Gasteiger partial charge in [0.2, 0.25) is 0 Å². The predicted octanol–water partition coefficient (Wildman–Crippen LogP) is 2.98. The van der Waals surface area contributed by atoms with Crippen LogP contribution in [0.2, 0.25) is 0 Å². The van der Waals surface area contributed by atoms with Crippen molar-refractivity contribution in [2.45, 2.75) is 32.4 Å². The molecule has 0 saturated heterocycles. The lowest BCUT2D eigenvalue weighted by Gasteiger charge is -2.18. The fourth-order valence-corrected chi connectivity index (χ4v) is 1.63. The molecule has 0 radical (unpaired) electrons. The molecule has 1 rings (SSSR count). The van der Waals surface area contributed by atoms with Crippen LogP contribution in [-0.2, 0) is 0 Å². The van der Waals surface area contributed by atoms with Crippen molar-refractivity contribution in [3.63, 3.8) is 0 Å². The summed E-state index contributed by atoms with van der Waals surface area (Å²) in [6, 6.07) is 0. The highest BCUT2D eigenvalue weighted by molar-refractivity contribution is 4.79. The topological polar surface area (TPSA) is 0 Å². The molecule has 0 aromatic rings. The molecule has 3 heteroatoms.